The molecule has 2 aromatic carbocycles. The van der Waals surface area contributed by atoms with Crippen molar-refractivity contribution in [2.45, 2.75) is 10.6 Å². The summed E-state index contributed by atoms with van der Waals surface area (Å²) >= 11 is 3.14. The average Bonchev–Trinajstić information content (AvgIpc) is 2.72. The molecule has 0 unspecified atom stereocenters. The van der Waals surface area contributed by atoms with Gasteiger partial charge in [0.05, 0.1) is 17.0 Å². The molecule has 1 aliphatic rings. The summed E-state index contributed by atoms with van der Waals surface area (Å²) in [6, 6.07) is 15.1. The Labute approximate surface area is 171 Å². The lowest BCUT2D eigenvalue weighted by atomic mass is 10.2. The number of carbonyl (C=O) groups is 3. The standard InChI is InChI=1S/C20H20N2O4S2/c23-18(21-8-9-27-12-14-4-2-1-3-5-14)11-26-20(25)15-6-7-17-16(10-15)22-19(24)13-28-17/h1-7,10H,8-9,11-13H2,(H,21,23)(H,22,24). The van der Waals surface area contributed by atoms with E-state index in [1.165, 1.54) is 17.3 Å². The highest BCUT2D eigenvalue weighted by molar-refractivity contribution is 8.00. The number of hydrogen-bond acceptors (Lipinski definition) is 6. The van der Waals surface area contributed by atoms with Crippen LogP contribution in [0.1, 0.15) is 15.9 Å². The number of thioether (sulfide) groups is 2. The largest absolute Gasteiger partial charge is 0.452 e. The predicted octanol–water partition coefficient (Wildman–Crippen LogP) is 2.94. The van der Waals surface area contributed by atoms with Gasteiger partial charge in [0.15, 0.2) is 6.61 Å². The van der Waals surface area contributed by atoms with Gasteiger partial charge in [-0.3, -0.25) is 9.59 Å². The van der Waals surface area contributed by atoms with Crippen molar-refractivity contribution < 1.29 is 19.1 Å². The van der Waals surface area contributed by atoms with Crippen LogP contribution in [0.3, 0.4) is 0 Å². The third-order valence-electron chi connectivity index (χ3n) is 3.86. The maximum Gasteiger partial charge on any atom is 0.338 e. The molecule has 0 aliphatic carbocycles. The molecule has 0 radical (unpaired) electrons. The van der Waals surface area contributed by atoms with Crippen molar-refractivity contribution in [1.29, 1.82) is 0 Å². The fourth-order valence-electron chi connectivity index (χ4n) is 2.50. The summed E-state index contributed by atoms with van der Waals surface area (Å²) < 4.78 is 5.06. The molecule has 0 bridgehead atoms. The van der Waals surface area contributed by atoms with Crippen LogP contribution in [0.4, 0.5) is 5.69 Å². The van der Waals surface area contributed by atoms with Crippen LogP contribution in [0.15, 0.2) is 53.4 Å². The lowest BCUT2D eigenvalue weighted by molar-refractivity contribution is -0.124. The zero-order chi connectivity index (χ0) is 19.8. The number of ether oxygens (including phenoxy) is 1. The van der Waals surface area contributed by atoms with Crippen molar-refractivity contribution in [3.63, 3.8) is 0 Å². The van der Waals surface area contributed by atoms with Gasteiger partial charge < -0.3 is 15.4 Å². The average molecular weight is 417 g/mol. The number of carbonyl (C=O) groups excluding carboxylic acids is 3. The number of nitrogens with one attached hydrogen (secondary N) is 2. The zero-order valence-electron chi connectivity index (χ0n) is 15.1. The summed E-state index contributed by atoms with van der Waals surface area (Å²) in [7, 11) is 0. The molecule has 1 aliphatic heterocycles. The highest BCUT2D eigenvalue weighted by Crippen LogP contribution is 2.32. The summed E-state index contributed by atoms with van der Waals surface area (Å²) in [6.45, 7) is 0.177. The Hall–Kier alpha value is -2.45. The molecule has 0 aromatic heterocycles. The number of amides is 2. The molecular weight excluding hydrogens is 396 g/mol. The highest BCUT2D eigenvalue weighted by Gasteiger charge is 2.18. The lowest BCUT2D eigenvalue weighted by Gasteiger charge is -2.16. The maximum absolute atomic E-state index is 12.1. The van der Waals surface area contributed by atoms with Crippen LogP contribution in [0.2, 0.25) is 0 Å². The van der Waals surface area contributed by atoms with Crippen LogP contribution in [-0.2, 0) is 20.1 Å². The molecule has 6 nitrogen and oxygen atoms in total. The van der Waals surface area contributed by atoms with E-state index in [-0.39, 0.29) is 18.4 Å². The first-order valence-electron chi connectivity index (χ1n) is 8.74. The van der Waals surface area contributed by atoms with Crippen molar-refractivity contribution >= 4 is 47.0 Å². The molecule has 1 heterocycles. The van der Waals surface area contributed by atoms with Gasteiger partial charge in [0, 0.05) is 22.9 Å². The lowest BCUT2D eigenvalue weighted by Crippen LogP contribution is -2.30. The molecule has 0 atom stereocenters. The van der Waals surface area contributed by atoms with E-state index in [1.54, 1.807) is 30.0 Å². The van der Waals surface area contributed by atoms with Gasteiger partial charge in [0.2, 0.25) is 5.91 Å². The van der Waals surface area contributed by atoms with Crippen LogP contribution in [0.5, 0.6) is 0 Å². The van der Waals surface area contributed by atoms with Crippen LogP contribution >= 0.6 is 23.5 Å². The Balaban J connectivity index is 1.35. The smallest absolute Gasteiger partial charge is 0.338 e. The Morgan fingerprint density at radius 2 is 2.00 bits per heavy atom. The Morgan fingerprint density at radius 3 is 2.82 bits per heavy atom. The first kappa shape index (κ1) is 20.3. The monoisotopic (exact) mass is 416 g/mol. The van der Waals surface area contributed by atoms with Gasteiger partial charge in [-0.1, -0.05) is 30.3 Å². The van der Waals surface area contributed by atoms with E-state index in [1.807, 2.05) is 18.2 Å². The fourth-order valence-corrected chi connectivity index (χ4v) is 4.11. The van der Waals surface area contributed by atoms with Gasteiger partial charge >= 0.3 is 5.97 Å². The highest BCUT2D eigenvalue weighted by atomic mass is 32.2. The van der Waals surface area contributed by atoms with Crippen LogP contribution in [0.25, 0.3) is 0 Å². The predicted molar refractivity (Wildman–Crippen MR) is 112 cm³/mol. The number of hydrogen-bond donors (Lipinski definition) is 2. The molecular formula is C20H20N2O4S2. The molecule has 0 fully saturated rings. The number of rotatable bonds is 8. The molecule has 2 N–H and O–H groups in total. The van der Waals surface area contributed by atoms with Gasteiger partial charge in [-0.05, 0) is 23.8 Å². The van der Waals surface area contributed by atoms with Crippen molar-refractivity contribution in [3.05, 3.63) is 59.7 Å². The van der Waals surface area contributed by atoms with E-state index in [0.717, 1.165) is 16.4 Å². The van der Waals surface area contributed by atoms with E-state index >= 15 is 0 Å². The van der Waals surface area contributed by atoms with Crippen LogP contribution < -0.4 is 10.6 Å². The second-order valence-corrected chi connectivity index (χ2v) is 8.13. The van der Waals surface area contributed by atoms with Gasteiger partial charge in [-0.15, -0.1) is 11.8 Å². The zero-order valence-corrected chi connectivity index (χ0v) is 16.7. The first-order chi connectivity index (χ1) is 13.6. The number of esters is 1. The van der Waals surface area contributed by atoms with E-state index in [9.17, 15) is 14.4 Å². The van der Waals surface area contributed by atoms with Crippen LogP contribution in [0, 0.1) is 0 Å². The third kappa shape index (κ3) is 6.03. The quantitative estimate of drug-likeness (QED) is 0.508. The summed E-state index contributed by atoms with van der Waals surface area (Å²) in [6.07, 6.45) is 0. The summed E-state index contributed by atoms with van der Waals surface area (Å²) in [5, 5.41) is 5.46. The van der Waals surface area contributed by atoms with Crippen LogP contribution in [-0.4, -0.2) is 42.4 Å². The SMILES string of the molecule is O=C(COC(=O)c1ccc2c(c1)NC(=O)CS2)NCCSCc1ccccc1. The summed E-state index contributed by atoms with van der Waals surface area (Å²) in [5.41, 5.74) is 2.13. The van der Waals surface area contributed by atoms with Crippen molar-refractivity contribution in [3.8, 4) is 0 Å². The van der Waals surface area contributed by atoms with Gasteiger partial charge in [-0.25, -0.2) is 4.79 Å². The van der Waals surface area contributed by atoms with E-state index < -0.39 is 5.97 Å². The molecule has 146 valence electrons. The van der Waals surface area contributed by atoms with Gasteiger partial charge in [0.1, 0.15) is 0 Å². The summed E-state index contributed by atoms with van der Waals surface area (Å²) in [5.74, 6) is 0.986. The Kier molecular flexibility index (Phi) is 7.39. The molecule has 28 heavy (non-hydrogen) atoms. The first-order valence-corrected chi connectivity index (χ1v) is 10.9. The molecule has 2 amide bonds. The molecule has 8 heteroatoms. The molecule has 2 aromatic rings. The van der Waals surface area contributed by atoms with Crippen molar-refractivity contribution in [2.24, 2.45) is 0 Å². The topological polar surface area (TPSA) is 84.5 Å². The number of anilines is 1. The Bertz CT molecular complexity index is 859. The minimum atomic E-state index is -0.596. The molecule has 0 spiro atoms. The second-order valence-electron chi connectivity index (χ2n) is 6.01. The van der Waals surface area contributed by atoms with Gasteiger partial charge in [0.25, 0.3) is 5.91 Å². The minimum Gasteiger partial charge on any atom is -0.452 e. The third-order valence-corrected chi connectivity index (χ3v) is 5.97. The second kappa shape index (κ2) is 10.2. The van der Waals surface area contributed by atoms with E-state index in [0.29, 0.717) is 23.5 Å². The van der Waals surface area contributed by atoms with Crippen molar-refractivity contribution in [2.75, 3.05) is 30.0 Å². The van der Waals surface area contributed by atoms with E-state index in [4.69, 9.17) is 4.74 Å². The molecule has 0 saturated carbocycles. The number of fused-ring (bicyclic) bond motifs is 1. The van der Waals surface area contributed by atoms with Crippen molar-refractivity contribution in [1.82, 2.24) is 5.32 Å². The minimum absolute atomic E-state index is 0.104. The molecule has 0 saturated heterocycles. The maximum atomic E-state index is 12.1. The molecule has 3 rings (SSSR count). The van der Waals surface area contributed by atoms with Gasteiger partial charge in [-0.2, -0.15) is 11.8 Å². The number of benzene rings is 2. The fraction of sp³-hybridized carbons (Fsp3) is 0.250. The Morgan fingerprint density at radius 1 is 1.18 bits per heavy atom. The van der Waals surface area contributed by atoms with E-state index in [2.05, 4.69) is 22.8 Å². The summed E-state index contributed by atoms with van der Waals surface area (Å²) in [4.78, 5) is 36.3. The normalized spacial score (nSPS) is 12.6.